The minimum absolute atomic E-state index is 0.277. The van der Waals surface area contributed by atoms with Gasteiger partial charge in [0.25, 0.3) is 0 Å². The molecule has 0 aliphatic carbocycles. The highest BCUT2D eigenvalue weighted by molar-refractivity contribution is 5.97. The van der Waals surface area contributed by atoms with Gasteiger partial charge in [0.15, 0.2) is 0 Å². The van der Waals surface area contributed by atoms with E-state index in [0.717, 1.165) is 47.5 Å². The van der Waals surface area contributed by atoms with Crippen LogP contribution in [0.5, 0.6) is 0 Å². The van der Waals surface area contributed by atoms with Crippen LogP contribution in [0.2, 0.25) is 0 Å². The molecule has 2 N–H and O–H groups in total. The molecule has 2 aromatic heterocycles. The predicted molar refractivity (Wildman–Crippen MR) is 111 cm³/mol. The summed E-state index contributed by atoms with van der Waals surface area (Å²) in [6.45, 7) is 2.19. The quantitative estimate of drug-likeness (QED) is 0.529. The molecule has 0 unspecified atom stereocenters. The van der Waals surface area contributed by atoms with Crippen LogP contribution in [0.4, 0.5) is 5.95 Å². The summed E-state index contributed by atoms with van der Waals surface area (Å²) in [4.78, 5) is 13.7. The van der Waals surface area contributed by atoms with E-state index < -0.39 is 0 Å². The third kappa shape index (κ3) is 3.38. The summed E-state index contributed by atoms with van der Waals surface area (Å²) in [5, 5.41) is 2.36. The van der Waals surface area contributed by atoms with Gasteiger partial charge in [0, 0.05) is 17.3 Å². The van der Waals surface area contributed by atoms with E-state index in [1.807, 2.05) is 18.2 Å². The molecular weight excluding hydrogens is 332 g/mol. The Labute approximate surface area is 159 Å². The third-order valence-corrected chi connectivity index (χ3v) is 4.76. The fraction of sp³-hybridized carbons (Fsp3) is 0.174. The molecule has 0 amide bonds. The minimum Gasteiger partial charge on any atom is -0.368 e. The maximum Gasteiger partial charge on any atom is 0.221 e. The Hall–Kier alpha value is -3.27. The SMILES string of the molecule is CCCCc1c(-c2ccccn2)nc(N)nc1-c1cccc2ccccc12. The molecule has 4 rings (SSSR count). The molecule has 2 aromatic carbocycles. The first-order chi connectivity index (χ1) is 13.3. The van der Waals surface area contributed by atoms with Crippen molar-refractivity contribution in [1.82, 2.24) is 15.0 Å². The molecule has 0 bridgehead atoms. The van der Waals surface area contributed by atoms with Crippen molar-refractivity contribution in [3.8, 4) is 22.6 Å². The zero-order chi connectivity index (χ0) is 18.6. The fourth-order valence-electron chi connectivity index (χ4n) is 3.46. The van der Waals surface area contributed by atoms with Gasteiger partial charge in [-0.1, -0.05) is 61.9 Å². The molecule has 0 saturated heterocycles. The Morgan fingerprint density at radius 3 is 2.44 bits per heavy atom. The molecule has 2 heterocycles. The lowest BCUT2D eigenvalue weighted by Gasteiger charge is -2.15. The zero-order valence-corrected chi connectivity index (χ0v) is 15.4. The van der Waals surface area contributed by atoms with Crippen molar-refractivity contribution >= 4 is 16.7 Å². The Morgan fingerprint density at radius 1 is 0.852 bits per heavy atom. The second-order valence-electron chi connectivity index (χ2n) is 6.60. The number of nitrogens with zero attached hydrogens (tertiary/aromatic N) is 3. The molecule has 0 aliphatic rings. The smallest absolute Gasteiger partial charge is 0.221 e. The second kappa shape index (κ2) is 7.54. The van der Waals surface area contributed by atoms with Crippen molar-refractivity contribution in [2.75, 3.05) is 5.73 Å². The van der Waals surface area contributed by atoms with Crippen molar-refractivity contribution in [3.63, 3.8) is 0 Å². The lowest BCUT2D eigenvalue weighted by molar-refractivity contribution is 0.791. The Bertz CT molecular complexity index is 1070. The van der Waals surface area contributed by atoms with Gasteiger partial charge in [-0.15, -0.1) is 0 Å². The number of nitrogen functional groups attached to an aromatic ring is 1. The molecule has 0 atom stereocenters. The number of fused-ring (bicyclic) bond motifs is 1. The molecule has 134 valence electrons. The van der Waals surface area contributed by atoms with Crippen molar-refractivity contribution in [1.29, 1.82) is 0 Å². The summed E-state index contributed by atoms with van der Waals surface area (Å²) in [6, 6.07) is 20.5. The number of pyridine rings is 1. The highest BCUT2D eigenvalue weighted by Crippen LogP contribution is 2.34. The van der Waals surface area contributed by atoms with E-state index >= 15 is 0 Å². The van der Waals surface area contributed by atoms with E-state index in [1.54, 1.807) is 6.20 Å². The predicted octanol–water partition coefficient (Wildman–Crippen LogP) is 5.28. The fourth-order valence-corrected chi connectivity index (χ4v) is 3.46. The van der Waals surface area contributed by atoms with Crippen LogP contribution in [-0.4, -0.2) is 15.0 Å². The summed E-state index contributed by atoms with van der Waals surface area (Å²) in [6.07, 6.45) is 4.84. The molecule has 27 heavy (non-hydrogen) atoms. The van der Waals surface area contributed by atoms with E-state index in [9.17, 15) is 0 Å². The van der Waals surface area contributed by atoms with Gasteiger partial charge in [0.1, 0.15) is 0 Å². The average molecular weight is 354 g/mol. The Morgan fingerprint density at radius 2 is 1.63 bits per heavy atom. The van der Waals surface area contributed by atoms with Crippen molar-refractivity contribution in [3.05, 3.63) is 72.4 Å². The maximum atomic E-state index is 6.13. The van der Waals surface area contributed by atoms with Crippen LogP contribution in [0.25, 0.3) is 33.4 Å². The summed E-state index contributed by atoms with van der Waals surface area (Å²) in [7, 11) is 0. The lowest BCUT2D eigenvalue weighted by Crippen LogP contribution is -2.06. The van der Waals surface area contributed by atoms with Crippen molar-refractivity contribution < 1.29 is 0 Å². The first-order valence-electron chi connectivity index (χ1n) is 9.34. The summed E-state index contributed by atoms with van der Waals surface area (Å²) in [5.41, 5.74) is 10.9. The van der Waals surface area contributed by atoms with Gasteiger partial charge in [0.2, 0.25) is 5.95 Å². The zero-order valence-electron chi connectivity index (χ0n) is 15.4. The molecule has 4 nitrogen and oxygen atoms in total. The van der Waals surface area contributed by atoms with Gasteiger partial charge in [-0.05, 0) is 35.7 Å². The second-order valence-corrected chi connectivity index (χ2v) is 6.60. The number of benzene rings is 2. The van der Waals surface area contributed by atoms with Gasteiger partial charge in [-0.25, -0.2) is 9.97 Å². The molecule has 0 spiro atoms. The summed E-state index contributed by atoms with van der Waals surface area (Å²) < 4.78 is 0. The first kappa shape index (κ1) is 17.2. The monoisotopic (exact) mass is 354 g/mol. The largest absolute Gasteiger partial charge is 0.368 e. The van der Waals surface area contributed by atoms with Gasteiger partial charge in [0.05, 0.1) is 17.1 Å². The number of hydrogen-bond donors (Lipinski definition) is 1. The maximum absolute atomic E-state index is 6.13. The number of rotatable bonds is 5. The van der Waals surface area contributed by atoms with Crippen molar-refractivity contribution in [2.45, 2.75) is 26.2 Å². The normalized spacial score (nSPS) is 11.0. The summed E-state index contributed by atoms with van der Waals surface area (Å²) >= 11 is 0. The van der Waals surface area contributed by atoms with Crippen LogP contribution in [0.15, 0.2) is 66.9 Å². The van der Waals surface area contributed by atoms with Gasteiger partial charge < -0.3 is 5.73 Å². The van der Waals surface area contributed by atoms with E-state index in [-0.39, 0.29) is 5.95 Å². The van der Waals surface area contributed by atoms with Gasteiger partial charge in [-0.3, -0.25) is 4.98 Å². The number of aromatic nitrogens is 3. The number of anilines is 1. The van der Waals surface area contributed by atoms with E-state index in [0.29, 0.717) is 0 Å². The molecular formula is C23H22N4. The molecule has 4 heteroatoms. The standard InChI is InChI=1S/C23H22N4/c1-2-3-11-19-21(18-13-8-10-16-9-4-5-12-17(16)18)26-23(24)27-22(19)20-14-6-7-15-25-20/h4-10,12-15H,2-3,11H2,1H3,(H2,24,26,27). The third-order valence-electron chi connectivity index (χ3n) is 4.76. The van der Waals surface area contributed by atoms with Crippen LogP contribution in [0.3, 0.4) is 0 Å². The highest BCUT2D eigenvalue weighted by Gasteiger charge is 2.18. The topological polar surface area (TPSA) is 64.7 Å². The van der Waals surface area contributed by atoms with Gasteiger partial charge >= 0.3 is 0 Å². The highest BCUT2D eigenvalue weighted by atomic mass is 15.0. The number of nitrogens with two attached hydrogens (primary N) is 1. The Balaban J connectivity index is 2.01. The molecule has 0 aliphatic heterocycles. The van der Waals surface area contributed by atoms with E-state index in [1.165, 1.54) is 10.8 Å². The van der Waals surface area contributed by atoms with E-state index in [4.69, 9.17) is 5.73 Å². The number of unbranched alkanes of at least 4 members (excludes halogenated alkanes) is 1. The molecule has 0 saturated carbocycles. The van der Waals surface area contributed by atoms with Crippen LogP contribution in [-0.2, 0) is 6.42 Å². The van der Waals surface area contributed by atoms with Crippen LogP contribution in [0.1, 0.15) is 25.3 Å². The van der Waals surface area contributed by atoms with Crippen LogP contribution >= 0.6 is 0 Å². The average Bonchev–Trinajstić information content (AvgIpc) is 2.72. The Kier molecular flexibility index (Phi) is 4.79. The minimum atomic E-state index is 0.277. The lowest BCUT2D eigenvalue weighted by atomic mass is 9.94. The van der Waals surface area contributed by atoms with Crippen LogP contribution < -0.4 is 5.73 Å². The van der Waals surface area contributed by atoms with Crippen molar-refractivity contribution in [2.24, 2.45) is 0 Å². The van der Waals surface area contributed by atoms with Crippen LogP contribution in [0, 0.1) is 0 Å². The first-order valence-corrected chi connectivity index (χ1v) is 9.34. The molecule has 4 aromatic rings. The van der Waals surface area contributed by atoms with E-state index in [2.05, 4.69) is 64.3 Å². The molecule has 0 radical (unpaired) electrons. The molecule has 0 fully saturated rings. The van der Waals surface area contributed by atoms with Gasteiger partial charge in [-0.2, -0.15) is 0 Å². The summed E-state index contributed by atoms with van der Waals surface area (Å²) in [5.74, 6) is 0.277. The number of hydrogen-bond acceptors (Lipinski definition) is 4.